The molecule has 0 N–H and O–H groups in total. The van der Waals surface area contributed by atoms with Crippen molar-refractivity contribution in [3.63, 3.8) is 0 Å². The maximum Gasteiger partial charge on any atom is 0.307 e. The quantitative estimate of drug-likeness (QED) is 0.359. The zero-order valence-electron chi connectivity index (χ0n) is 8.93. The minimum absolute atomic E-state index is 0.234. The number of ether oxygens (including phenoxy) is 1. The van der Waals surface area contributed by atoms with E-state index in [1.54, 1.807) is 0 Å². The van der Waals surface area contributed by atoms with Crippen LogP contribution in [0.15, 0.2) is 11.8 Å². The van der Waals surface area contributed by atoms with E-state index in [2.05, 4.69) is 6.92 Å². The average Bonchev–Trinajstić information content (AvgIpc) is 2.02. The van der Waals surface area contributed by atoms with Gasteiger partial charge in [0.1, 0.15) is 5.76 Å². The number of hydrogen-bond acceptors (Lipinski definition) is 2. The van der Waals surface area contributed by atoms with Gasteiger partial charge in [0, 0.05) is 6.92 Å². The lowest BCUT2D eigenvalue weighted by Gasteiger charge is -2.00. The minimum atomic E-state index is -0.234. The lowest BCUT2D eigenvalue weighted by Crippen LogP contribution is -1.95. The molecule has 0 fully saturated rings. The van der Waals surface area contributed by atoms with Gasteiger partial charge in [-0.15, -0.1) is 0 Å². The topological polar surface area (TPSA) is 26.3 Å². The molecule has 0 aromatic rings. The zero-order chi connectivity index (χ0) is 10.1. The van der Waals surface area contributed by atoms with Gasteiger partial charge < -0.3 is 4.74 Å². The van der Waals surface area contributed by atoms with E-state index in [4.69, 9.17) is 4.74 Å². The summed E-state index contributed by atoms with van der Waals surface area (Å²) in [7, 11) is 0. The lowest BCUT2D eigenvalue weighted by atomic mass is 10.1. The molecular weight excluding hydrogens is 164 g/mol. The van der Waals surface area contributed by atoms with Crippen molar-refractivity contribution in [2.45, 2.75) is 52.9 Å². The van der Waals surface area contributed by atoms with Gasteiger partial charge in [-0.1, -0.05) is 26.2 Å². The molecule has 0 heterocycles. The molecule has 0 aliphatic heterocycles. The Morgan fingerprint density at radius 3 is 2.46 bits per heavy atom. The molecule has 0 amide bonds. The number of unbranched alkanes of at least 4 members (excludes halogenated alkanes) is 4. The van der Waals surface area contributed by atoms with Crippen LogP contribution in [0.25, 0.3) is 0 Å². The van der Waals surface area contributed by atoms with E-state index in [1.165, 1.54) is 32.6 Å². The second-order valence-corrected chi connectivity index (χ2v) is 3.26. The second-order valence-electron chi connectivity index (χ2n) is 3.26. The van der Waals surface area contributed by atoms with Crippen LogP contribution >= 0.6 is 0 Å². The molecule has 0 atom stereocenters. The van der Waals surface area contributed by atoms with Gasteiger partial charge in [-0.25, -0.2) is 0 Å². The van der Waals surface area contributed by atoms with Gasteiger partial charge in [-0.2, -0.15) is 0 Å². The van der Waals surface area contributed by atoms with Crippen molar-refractivity contribution in [1.29, 1.82) is 0 Å². The van der Waals surface area contributed by atoms with Crippen LogP contribution in [0.4, 0.5) is 0 Å². The van der Waals surface area contributed by atoms with E-state index in [0.717, 1.165) is 12.2 Å². The predicted octanol–water partition coefficient (Wildman–Crippen LogP) is 3.42. The van der Waals surface area contributed by atoms with Gasteiger partial charge in [0.05, 0.1) is 0 Å². The molecule has 76 valence electrons. The fourth-order valence-corrected chi connectivity index (χ4v) is 1.14. The number of carbonyl (C=O) groups excluding carboxylic acids is 1. The number of hydrogen-bond donors (Lipinski definition) is 0. The molecule has 0 rings (SSSR count). The highest BCUT2D eigenvalue weighted by molar-refractivity contribution is 5.67. The smallest absolute Gasteiger partial charge is 0.307 e. The summed E-state index contributed by atoms with van der Waals surface area (Å²) in [5, 5.41) is 0. The first-order valence-corrected chi connectivity index (χ1v) is 5.02. The molecule has 0 unspecified atom stereocenters. The van der Waals surface area contributed by atoms with E-state index in [-0.39, 0.29) is 5.97 Å². The monoisotopic (exact) mass is 184 g/mol. The Hall–Kier alpha value is -0.790. The average molecular weight is 184 g/mol. The van der Waals surface area contributed by atoms with Gasteiger partial charge in [0.25, 0.3) is 0 Å². The Morgan fingerprint density at radius 2 is 1.92 bits per heavy atom. The van der Waals surface area contributed by atoms with Crippen molar-refractivity contribution >= 4 is 5.97 Å². The second kappa shape index (κ2) is 7.84. The number of carbonyl (C=O) groups is 1. The summed E-state index contributed by atoms with van der Waals surface area (Å²) >= 11 is 0. The van der Waals surface area contributed by atoms with E-state index < -0.39 is 0 Å². The number of rotatable bonds is 6. The summed E-state index contributed by atoms with van der Waals surface area (Å²) in [5.41, 5.74) is 0. The Kier molecular flexibility index (Phi) is 7.36. The Bertz CT molecular complexity index is 171. The summed E-state index contributed by atoms with van der Waals surface area (Å²) in [6.07, 6.45) is 8.00. The van der Waals surface area contributed by atoms with Crippen molar-refractivity contribution in [2.24, 2.45) is 0 Å². The Morgan fingerprint density at radius 1 is 1.23 bits per heavy atom. The van der Waals surface area contributed by atoms with E-state index in [9.17, 15) is 4.79 Å². The highest BCUT2D eigenvalue weighted by Gasteiger charge is 1.93. The molecule has 13 heavy (non-hydrogen) atoms. The van der Waals surface area contributed by atoms with Crippen LogP contribution in [0.2, 0.25) is 0 Å². The summed E-state index contributed by atoms with van der Waals surface area (Å²) in [5.74, 6) is 0.492. The lowest BCUT2D eigenvalue weighted by molar-refractivity contribution is -0.136. The zero-order valence-corrected chi connectivity index (χ0v) is 8.93. The van der Waals surface area contributed by atoms with E-state index in [1.807, 2.05) is 13.0 Å². The van der Waals surface area contributed by atoms with Crippen molar-refractivity contribution in [3.05, 3.63) is 11.8 Å². The maximum atomic E-state index is 10.5. The minimum Gasteiger partial charge on any atom is -0.432 e. The van der Waals surface area contributed by atoms with Crippen LogP contribution < -0.4 is 0 Å². The van der Waals surface area contributed by atoms with E-state index >= 15 is 0 Å². The fraction of sp³-hybridized carbons (Fsp3) is 0.727. The van der Waals surface area contributed by atoms with Crippen molar-refractivity contribution in [1.82, 2.24) is 0 Å². The SMILES string of the molecule is CCCCCC/C=C(/C)OC(C)=O. The van der Waals surface area contributed by atoms with Crippen LogP contribution in [-0.2, 0) is 9.53 Å². The van der Waals surface area contributed by atoms with Gasteiger partial charge in [-0.3, -0.25) is 4.79 Å². The van der Waals surface area contributed by atoms with E-state index in [0.29, 0.717) is 0 Å². The molecule has 2 nitrogen and oxygen atoms in total. The molecule has 0 aliphatic carbocycles. The standard InChI is InChI=1S/C11H20O2/c1-4-5-6-7-8-9-10(2)13-11(3)12/h9H,4-8H2,1-3H3/b10-9-. The molecule has 0 spiro atoms. The summed E-state index contributed by atoms with van der Waals surface area (Å²) in [6.45, 7) is 5.44. The normalized spacial score (nSPS) is 11.5. The first kappa shape index (κ1) is 12.2. The first-order valence-electron chi connectivity index (χ1n) is 5.02. The highest BCUT2D eigenvalue weighted by atomic mass is 16.5. The fourth-order valence-electron chi connectivity index (χ4n) is 1.14. The molecule has 0 saturated heterocycles. The van der Waals surface area contributed by atoms with Gasteiger partial charge >= 0.3 is 5.97 Å². The third kappa shape index (κ3) is 9.12. The Balaban J connectivity index is 3.42. The molecule has 0 bridgehead atoms. The van der Waals surface area contributed by atoms with Crippen molar-refractivity contribution < 1.29 is 9.53 Å². The van der Waals surface area contributed by atoms with Crippen LogP contribution in [0.5, 0.6) is 0 Å². The van der Waals surface area contributed by atoms with Gasteiger partial charge in [0.15, 0.2) is 0 Å². The van der Waals surface area contributed by atoms with Gasteiger partial charge in [-0.05, 0) is 25.8 Å². The molecule has 0 aliphatic rings. The Labute approximate surface area is 81.0 Å². The highest BCUT2D eigenvalue weighted by Crippen LogP contribution is 2.05. The largest absolute Gasteiger partial charge is 0.432 e. The molecule has 0 aromatic heterocycles. The third-order valence-corrected chi connectivity index (χ3v) is 1.79. The third-order valence-electron chi connectivity index (χ3n) is 1.79. The van der Waals surface area contributed by atoms with Crippen LogP contribution in [0.3, 0.4) is 0 Å². The first-order chi connectivity index (χ1) is 6.16. The summed E-state index contributed by atoms with van der Waals surface area (Å²) in [6, 6.07) is 0. The molecular formula is C11H20O2. The summed E-state index contributed by atoms with van der Waals surface area (Å²) < 4.78 is 4.88. The molecule has 2 heteroatoms. The van der Waals surface area contributed by atoms with Gasteiger partial charge in [0.2, 0.25) is 0 Å². The van der Waals surface area contributed by atoms with Crippen LogP contribution in [-0.4, -0.2) is 5.97 Å². The molecule has 0 saturated carbocycles. The summed E-state index contributed by atoms with van der Waals surface area (Å²) in [4.78, 5) is 10.5. The van der Waals surface area contributed by atoms with Crippen molar-refractivity contribution in [3.8, 4) is 0 Å². The predicted molar refractivity (Wildman–Crippen MR) is 54.3 cm³/mol. The molecule has 0 aromatic carbocycles. The molecule has 0 radical (unpaired) electrons. The van der Waals surface area contributed by atoms with Crippen LogP contribution in [0, 0.1) is 0 Å². The maximum absolute atomic E-state index is 10.5. The van der Waals surface area contributed by atoms with Crippen LogP contribution in [0.1, 0.15) is 52.9 Å². The number of esters is 1. The van der Waals surface area contributed by atoms with Crippen molar-refractivity contribution in [2.75, 3.05) is 0 Å². The number of allylic oxidation sites excluding steroid dienone is 2.